The van der Waals surface area contributed by atoms with E-state index in [0.29, 0.717) is 14.5 Å². The molecule has 0 aliphatic carbocycles. The van der Waals surface area contributed by atoms with Crippen LogP contribution in [0.15, 0.2) is 53.5 Å². The van der Waals surface area contributed by atoms with Gasteiger partial charge < -0.3 is 15.5 Å². The van der Waals surface area contributed by atoms with Gasteiger partial charge in [-0.1, -0.05) is 18.2 Å². The number of carbonyl (C=O) groups excluding carboxylic acids is 1. The van der Waals surface area contributed by atoms with Crippen molar-refractivity contribution in [3.63, 3.8) is 0 Å². The molecule has 1 atom stereocenters. The minimum atomic E-state index is -0.718. The van der Waals surface area contributed by atoms with Crippen LogP contribution in [0.5, 0.6) is 11.6 Å². The Morgan fingerprint density at radius 2 is 1.93 bits per heavy atom. The van der Waals surface area contributed by atoms with Gasteiger partial charge in [0.1, 0.15) is 11.8 Å². The van der Waals surface area contributed by atoms with Gasteiger partial charge >= 0.3 is 0 Å². The number of aliphatic imine (C=N–C) groups is 1. The number of rotatable bonds is 4. The zero-order chi connectivity index (χ0) is 20.5. The monoisotopic (exact) mass is 423 g/mol. The number of benzene rings is 2. The van der Waals surface area contributed by atoms with Gasteiger partial charge in [0.2, 0.25) is 11.8 Å². The third-order valence-corrected chi connectivity index (χ3v) is 5.93. The second-order valence-electron chi connectivity index (χ2n) is 6.51. The smallest absolute Gasteiger partial charge is 0.247 e. The van der Waals surface area contributed by atoms with Crippen molar-refractivity contribution in [1.29, 1.82) is 0 Å². The van der Waals surface area contributed by atoms with Crippen molar-refractivity contribution in [2.75, 3.05) is 5.32 Å². The predicted molar refractivity (Wildman–Crippen MR) is 119 cm³/mol. The number of allylic oxidation sites excluding steroid dienone is 1. The van der Waals surface area contributed by atoms with Crippen molar-refractivity contribution in [2.24, 2.45) is 4.99 Å². The van der Waals surface area contributed by atoms with Gasteiger partial charge in [-0.15, -0.1) is 11.3 Å². The number of anilines is 1. The molecule has 1 aliphatic heterocycles. The van der Waals surface area contributed by atoms with E-state index in [2.05, 4.69) is 10.3 Å². The molecule has 29 heavy (non-hydrogen) atoms. The second kappa shape index (κ2) is 7.65. The van der Waals surface area contributed by atoms with Crippen LogP contribution < -0.4 is 5.32 Å². The summed E-state index contributed by atoms with van der Waals surface area (Å²) in [6.45, 7) is 1.67. The molecule has 0 fully saturated rings. The van der Waals surface area contributed by atoms with Crippen molar-refractivity contribution >= 4 is 58.7 Å². The maximum atomic E-state index is 12.6. The lowest BCUT2D eigenvalue weighted by molar-refractivity contribution is -0.118. The normalized spacial score (nSPS) is 14.7. The van der Waals surface area contributed by atoms with Crippen LogP contribution in [0.25, 0.3) is 11.6 Å². The summed E-state index contributed by atoms with van der Waals surface area (Å²) in [6, 6.07) is 13.2. The van der Waals surface area contributed by atoms with E-state index in [1.165, 1.54) is 28.0 Å². The topological polar surface area (TPSA) is 86.8 Å². The fraction of sp³-hybridized carbons (Fsp3) is 0.0952. The van der Waals surface area contributed by atoms with Gasteiger partial charge in [0.05, 0.1) is 10.6 Å². The molecule has 1 aromatic heterocycles. The minimum absolute atomic E-state index is 0.0568. The summed E-state index contributed by atoms with van der Waals surface area (Å²) in [5.74, 6) is -0.269. The second-order valence-corrected chi connectivity index (χ2v) is 8.19. The molecule has 0 spiro atoms. The number of amides is 1. The van der Waals surface area contributed by atoms with Crippen LogP contribution in [0.4, 0.5) is 11.4 Å². The first-order valence-corrected chi connectivity index (χ1v) is 10.1. The largest absolute Gasteiger partial charge is 0.508 e. The van der Waals surface area contributed by atoms with E-state index < -0.39 is 6.04 Å². The van der Waals surface area contributed by atoms with Crippen LogP contribution in [0.3, 0.4) is 0 Å². The van der Waals surface area contributed by atoms with Crippen molar-refractivity contribution in [3.05, 3.63) is 62.9 Å². The summed E-state index contributed by atoms with van der Waals surface area (Å²) >= 11 is 6.64. The molecule has 1 unspecified atom stereocenters. The first kappa shape index (κ1) is 19.1. The van der Waals surface area contributed by atoms with Crippen molar-refractivity contribution in [2.45, 2.75) is 13.0 Å². The summed E-state index contributed by atoms with van der Waals surface area (Å²) in [7, 11) is 0. The highest BCUT2D eigenvalue weighted by Gasteiger charge is 2.22. The molecule has 8 heteroatoms. The molecular formula is C21H17N3O3S2. The number of nitrogens with zero attached hydrogens (tertiary/aromatic N) is 2. The quantitative estimate of drug-likeness (QED) is 0.400. The number of phenolic OH excluding ortho intramolecular Hbond substituents is 1. The van der Waals surface area contributed by atoms with E-state index in [-0.39, 0.29) is 17.5 Å². The predicted octanol–water partition coefficient (Wildman–Crippen LogP) is 5.15. The molecule has 4 rings (SSSR count). The zero-order valence-corrected chi connectivity index (χ0v) is 17.0. The third-order valence-electron chi connectivity index (χ3n) is 4.59. The van der Waals surface area contributed by atoms with E-state index in [9.17, 15) is 15.0 Å². The van der Waals surface area contributed by atoms with Gasteiger partial charge in [-0.05, 0) is 55.5 Å². The standard InChI is InChI=1S/C21H17N3O3S2/c1-12(19(26)23-14-6-8-15(25)9-7-14)24-20(27)18(29-21(24)28)10-13-11-22-17-5-3-2-4-16(13)17/h2-12,25,27H,1H3,(H,23,26)/b13-10+. The molecule has 2 aromatic carbocycles. The highest BCUT2D eigenvalue weighted by molar-refractivity contribution is 7.73. The van der Waals surface area contributed by atoms with E-state index in [1.54, 1.807) is 25.3 Å². The SMILES string of the molecule is CC(C(=O)Nc1ccc(O)cc1)n1c(O)c(/C=C2\C=Nc3ccccc32)sc1=S. The Morgan fingerprint density at radius 3 is 2.69 bits per heavy atom. The lowest BCUT2D eigenvalue weighted by atomic mass is 10.1. The van der Waals surface area contributed by atoms with Gasteiger partial charge in [-0.25, -0.2) is 0 Å². The molecular weight excluding hydrogens is 406 g/mol. The Labute approximate surface area is 176 Å². The lowest BCUT2D eigenvalue weighted by Gasteiger charge is -2.15. The zero-order valence-electron chi connectivity index (χ0n) is 15.4. The van der Waals surface area contributed by atoms with E-state index in [1.807, 2.05) is 30.3 Å². The Hall–Kier alpha value is -3.23. The fourth-order valence-electron chi connectivity index (χ4n) is 3.03. The highest BCUT2D eigenvalue weighted by atomic mass is 32.1. The molecule has 3 aromatic rings. The van der Waals surface area contributed by atoms with E-state index in [4.69, 9.17) is 12.2 Å². The summed E-state index contributed by atoms with van der Waals surface area (Å²) in [5.41, 5.74) is 3.28. The van der Waals surface area contributed by atoms with Crippen LogP contribution >= 0.6 is 23.6 Å². The summed E-state index contributed by atoms with van der Waals surface area (Å²) < 4.78 is 1.83. The summed E-state index contributed by atoms with van der Waals surface area (Å²) in [6.07, 6.45) is 3.57. The third kappa shape index (κ3) is 3.72. The van der Waals surface area contributed by atoms with Crippen molar-refractivity contribution in [1.82, 2.24) is 4.57 Å². The Morgan fingerprint density at radius 1 is 1.21 bits per heavy atom. The number of carbonyl (C=O) groups is 1. The molecule has 2 heterocycles. The maximum Gasteiger partial charge on any atom is 0.247 e. The number of hydrogen-bond donors (Lipinski definition) is 3. The number of nitrogens with one attached hydrogen (secondary N) is 1. The fourth-order valence-corrected chi connectivity index (χ4v) is 4.45. The number of para-hydroxylation sites is 1. The van der Waals surface area contributed by atoms with Crippen LogP contribution in [0.2, 0.25) is 0 Å². The summed E-state index contributed by atoms with van der Waals surface area (Å²) in [5, 5.41) is 22.9. The number of aromatic hydroxyl groups is 2. The number of hydrogen-bond acceptors (Lipinski definition) is 6. The molecule has 3 N–H and O–H groups in total. The van der Waals surface area contributed by atoms with Gasteiger partial charge in [-0.2, -0.15) is 0 Å². The maximum absolute atomic E-state index is 12.6. The number of aromatic nitrogens is 1. The highest BCUT2D eigenvalue weighted by Crippen LogP contribution is 2.37. The number of fused-ring (bicyclic) bond motifs is 1. The van der Waals surface area contributed by atoms with Gasteiger partial charge in [0.15, 0.2) is 3.95 Å². The Balaban J connectivity index is 1.61. The van der Waals surface area contributed by atoms with Gasteiger partial charge in [0, 0.05) is 23.0 Å². The van der Waals surface area contributed by atoms with Gasteiger partial charge in [0.25, 0.3) is 0 Å². The Bertz CT molecular complexity index is 1210. The molecule has 0 bridgehead atoms. The van der Waals surface area contributed by atoms with E-state index in [0.717, 1.165) is 16.8 Å². The number of phenols is 1. The number of thiazole rings is 1. The average Bonchev–Trinajstić information content (AvgIpc) is 3.24. The van der Waals surface area contributed by atoms with Gasteiger partial charge in [-0.3, -0.25) is 14.4 Å². The molecule has 0 radical (unpaired) electrons. The summed E-state index contributed by atoms with van der Waals surface area (Å²) in [4.78, 5) is 17.6. The Kier molecular flexibility index (Phi) is 5.04. The van der Waals surface area contributed by atoms with Crippen molar-refractivity contribution in [3.8, 4) is 11.6 Å². The molecule has 1 amide bonds. The molecule has 146 valence electrons. The van der Waals surface area contributed by atoms with Crippen LogP contribution in [0.1, 0.15) is 23.4 Å². The molecule has 0 saturated carbocycles. The van der Waals surface area contributed by atoms with Crippen molar-refractivity contribution < 1.29 is 15.0 Å². The minimum Gasteiger partial charge on any atom is -0.508 e. The van der Waals surface area contributed by atoms with Crippen LogP contribution in [0, 0.1) is 3.95 Å². The average molecular weight is 424 g/mol. The molecule has 0 saturated heterocycles. The lowest BCUT2D eigenvalue weighted by Crippen LogP contribution is -2.23. The van der Waals surface area contributed by atoms with E-state index >= 15 is 0 Å². The first-order valence-electron chi connectivity index (χ1n) is 8.83. The van der Waals surface area contributed by atoms with Crippen LogP contribution in [-0.2, 0) is 4.79 Å². The molecule has 6 nitrogen and oxygen atoms in total. The van der Waals surface area contributed by atoms with Crippen LogP contribution in [-0.4, -0.2) is 26.9 Å². The molecule has 1 aliphatic rings. The first-order chi connectivity index (χ1) is 13.9.